The number of benzene rings is 1. The summed E-state index contributed by atoms with van der Waals surface area (Å²) < 4.78 is 68.4. The van der Waals surface area contributed by atoms with Crippen molar-refractivity contribution < 1.29 is 31.8 Å². The summed E-state index contributed by atoms with van der Waals surface area (Å²) in [4.78, 5) is 0. The molecule has 2 fully saturated rings. The normalized spacial score (nSPS) is 27.9. The lowest BCUT2D eigenvalue weighted by atomic mass is 9.78. The van der Waals surface area contributed by atoms with Crippen LogP contribution < -0.4 is 4.74 Å². The fraction of sp³-hybridized carbons (Fsp3) is 0.727. The van der Waals surface area contributed by atoms with E-state index >= 15 is 0 Å². The molecule has 2 aliphatic rings. The molecule has 3 rings (SSSR count). The van der Waals surface area contributed by atoms with Crippen molar-refractivity contribution in [3.05, 3.63) is 29.3 Å². The van der Waals surface area contributed by atoms with Gasteiger partial charge in [-0.3, -0.25) is 0 Å². The molecule has 0 bridgehead atoms. The fourth-order valence-corrected chi connectivity index (χ4v) is 4.42. The fourth-order valence-electron chi connectivity index (χ4n) is 4.42. The maximum absolute atomic E-state index is 14.0. The van der Waals surface area contributed by atoms with Crippen molar-refractivity contribution in [3.63, 3.8) is 0 Å². The minimum absolute atomic E-state index is 0.0127. The van der Waals surface area contributed by atoms with Gasteiger partial charge in [0.1, 0.15) is 0 Å². The predicted octanol–water partition coefficient (Wildman–Crippen LogP) is 6.41. The third-order valence-corrected chi connectivity index (χ3v) is 6.06. The molecule has 164 valence electrons. The zero-order valence-corrected chi connectivity index (χ0v) is 16.8. The molecule has 0 atom stereocenters. The van der Waals surface area contributed by atoms with Crippen molar-refractivity contribution in [1.82, 2.24) is 0 Å². The average molecular weight is 418 g/mol. The summed E-state index contributed by atoms with van der Waals surface area (Å²) in [5.74, 6) is -2.46. The van der Waals surface area contributed by atoms with E-state index in [2.05, 4.69) is 11.7 Å². The van der Waals surface area contributed by atoms with E-state index in [1.54, 1.807) is 0 Å². The maximum atomic E-state index is 14.0. The number of halogens is 4. The van der Waals surface area contributed by atoms with Crippen LogP contribution >= 0.6 is 0 Å². The van der Waals surface area contributed by atoms with Gasteiger partial charge in [-0.05, 0) is 55.7 Å². The molecular weight excluding hydrogens is 388 g/mol. The molecule has 0 radical (unpaired) electrons. The van der Waals surface area contributed by atoms with Gasteiger partial charge in [-0.15, -0.1) is 0 Å². The Labute approximate surface area is 169 Å². The number of hydrogen-bond donors (Lipinski definition) is 0. The molecule has 7 heteroatoms. The highest BCUT2D eigenvalue weighted by atomic mass is 19.3. The van der Waals surface area contributed by atoms with E-state index in [-0.39, 0.29) is 18.1 Å². The van der Waals surface area contributed by atoms with Gasteiger partial charge in [0, 0.05) is 11.8 Å². The molecule has 1 heterocycles. The molecule has 3 nitrogen and oxygen atoms in total. The van der Waals surface area contributed by atoms with Gasteiger partial charge in [0.05, 0.1) is 13.2 Å². The van der Waals surface area contributed by atoms with Crippen LogP contribution in [0.2, 0.25) is 0 Å². The molecule has 0 amide bonds. The van der Waals surface area contributed by atoms with E-state index in [4.69, 9.17) is 9.47 Å². The van der Waals surface area contributed by atoms with Crippen molar-refractivity contribution >= 4 is 0 Å². The van der Waals surface area contributed by atoms with Gasteiger partial charge >= 0.3 is 6.61 Å². The lowest BCUT2D eigenvalue weighted by molar-refractivity contribution is -0.229. The molecule has 0 N–H and O–H groups in total. The van der Waals surface area contributed by atoms with Crippen LogP contribution in [0.3, 0.4) is 0 Å². The van der Waals surface area contributed by atoms with Crippen molar-refractivity contribution in [2.75, 3.05) is 13.2 Å². The van der Waals surface area contributed by atoms with E-state index in [0.717, 1.165) is 57.5 Å². The first-order valence-electron chi connectivity index (χ1n) is 10.6. The zero-order chi connectivity index (χ0) is 20.8. The number of rotatable bonds is 8. The highest BCUT2D eigenvalue weighted by molar-refractivity contribution is 5.33. The summed E-state index contributed by atoms with van der Waals surface area (Å²) in [5, 5.41) is 0. The molecule has 1 aliphatic heterocycles. The summed E-state index contributed by atoms with van der Waals surface area (Å²) in [5.41, 5.74) is 0.488. The molecular formula is C22H30F4O3. The quantitative estimate of drug-likeness (QED) is 0.361. The van der Waals surface area contributed by atoms with Gasteiger partial charge in [-0.25, -0.2) is 8.78 Å². The Kier molecular flexibility index (Phi) is 8.18. The number of ether oxygens (including phenoxy) is 3. The van der Waals surface area contributed by atoms with Crippen LogP contribution in [0.15, 0.2) is 12.1 Å². The largest absolute Gasteiger partial charge is 0.429 e. The minimum atomic E-state index is -3.26. The van der Waals surface area contributed by atoms with Crippen LogP contribution in [-0.2, 0) is 9.47 Å². The first-order valence-corrected chi connectivity index (χ1v) is 10.6. The second-order valence-corrected chi connectivity index (χ2v) is 8.20. The third kappa shape index (κ3) is 6.07. The first-order chi connectivity index (χ1) is 14.0. The molecule has 0 spiro atoms. The zero-order valence-electron chi connectivity index (χ0n) is 16.8. The lowest BCUT2D eigenvalue weighted by Gasteiger charge is -2.37. The van der Waals surface area contributed by atoms with E-state index in [1.165, 1.54) is 19.3 Å². The SMILES string of the molecule is CCCCCC1COC(C2CCC(c3cc(F)c(OC(F)F)c(F)c3)CC2)OC1. The van der Waals surface area contributed by atoms with Gasteiger partial charge in [0.15, 0.2) is 23.7 Å². The predicted molar refractivity (Wildman–Crippen MR) is 101 cm³/mol. The molecule has 29 heavy (non-hydrogen) atoms. The Bertz CT molecular complexity index is 616. The summed E-state index contributed by atoms with van der Waals surface area (Å²) >= 11 is 0. The Morgan fingerprint density at radius 2 is 1.62 bits per heavy atom. The second kappa shape index (κ2) is 10.6. The monoisotopic (exact) mass is 418 g/mol. The van der Waals surface area contributed by atoms with Crippen LogP contribution in [0.4, 0.5) is 17.6 Å². The van der Waals surface area contributed by atoms with Crippen LogP contribution in [-0.4, -0.2) is 26.1 Å². The standard InChI is InChI=1S/C22H30F4O3/c1-2-3-4-5-14-12-27-21(28-13-14)16-8-6-15(7-9-16)17-10-18(23)20(19(24)11-17)29-22(25)26/h10-11,14-16,21-22H,2-9,12-13H2,1H3. The lowest BCUT2D eigenvalue weighted by Crippen LogP contribution is -2.38. The summed E-state index contributed by atoms with van der Waals surface area (Å²) in [6.07, 6.45) is 7.77. The summed E-state index contributed by atoms with van der Waals surface area (Å²) in [6, 6.07) is 2.22. The maximum Gasteiger partial charge on any atom is 0.387 e. The Morgan fingerprint density at radius 3 is 2.17 bits per heavy atom. The van der Waals surface area contributed by atoms with Crippen molar-refractivity contribution in [3.8, 4) is 5.75 Å². The molecule has 0 aromatic heterocycles. The van der Waals surface area contributed by atoms with E-state index < -0.39 is 24.0 Å². The number of unbranched alkanes of at least 4 members (excludes halogenated alkanes) is 2. The van der Waals surface area contributed by atoms with E-state index in [0.29, 0.717) is 11.5 Å². The highest BCUT2D eigenvalue weighted by Crippen LogP contribution is 2.40. The Hall–Kier alpha value is -1.34. The molecule has 1 saturated carbocycles. The molecule has 1 aliphatic carbocycles. The van der Waals surface area contributed by atoms with Crippen LogP contribution in [0, 0.1) is 23.5 Å². The Balaban J connectivity index is 1.48. The number of hydrogen-bond acceptors (Lipinski definition) is 3. The van der Waals surface area contributed by atoms with Crippen LogP contribution in [0.5, 0.6) is 5.75 Å². The van der Waals surface area contributed by atoms with Crippen LogP contribution in [0.25, 0.3) is 0 Å². The van der Waals surface area contributed by atoms with Gasteiger partial charge < -0.3 is 14.2 Å². The Morgan fingerprint density at radius 1 is 1.00 bits per heavy atom. The average Bonchev–Trinajstić information content (AvgIpc) is 2.71. The smallest absolute Gasteiger partial charge is 0.387 e. The van der Waals surface area contributed by atoms with Gasteiger partial charge in [0.2, 0.25) is 0 Å². The summed E-state index contributed by atoms with van der Waals surface area (Å²) in [7, 11) is 0. The molecule has 1 saturated heterocycles. The van der Waals surface area contributed by atoms with E-state index in [1.807, 2.05) is 0 Å². The minimum Gasteiger partial charge on any atom is -0.429 e. The van der Waals surface area contributed by atoms with Gasteiger partial charge in [-0.2, -0.15) is 8.78 Å². The molecule has 1 aromatic carbocycles. The second-order valence-electron chi connectivity index (χ2n) is 8.20. The van der Waals surface area contributed by atoms with Crippen LogP contribution in [0.1, 0.15) is 69.8 Å². The summed E-state index contributed by atoms with van der Waals surface area (Å²) in [6.45, 7) is 0.392. The van der Waals surface area contributed by atoms with Crippen molar-refractivity contribution in [2.24, 2.45) is 11.8 Å². The van der Waals surface area contributed by atoms with Gasteiger partial charge in [-0.1, -0.05) is 26.2 Å². The molecule has 1 aromatic rings. The third-order valence-electron chi connectivity index (χ3n) is 6.06. The van der Waals surface area contributed by atoms with Crippen molar-refractivity contribution in [1.29, 1.82) is 0 Å². The van der Waals surface area contributed by atoms with E-state index in [9.17, 15) is 17.6 Å². The van der Waals surface area contributed by atoms with Crippen molar-refractivity contribution in [2.45, 2.75) is 77.1 Å². The first kappa shape index (κ1) is 22.3. The van der Waals surface area contributed by atoms with Gasteiger partial charge in [0.25, 0.3) is 0 Å². The number of alkyl halides is 2. The highest BCUT2D eigenvalue weighted by Gasteiger charge is 2.33. The molecule has 0 unspecified atom stereocenters. The topological polar surface area (TPSA) is 27.7 Å².